The number of aromatic nitrogens is 2. The topological polar surface area (TPSA) is 72.9 Å². The summed E-state index contributed by atoms with van der Waals surface area (Å²) in [6.45, 7) is 2.45. The molecular weight excluding hydrogens is 331 g/mol. The van der Waals surface area contributed by atoms with E-state index in [0.717, 1.165) is 55.3 Å². The summed E-state index contributed by atoms with van der Waals surface area (Å²) in [5.41, 5.74) is 9.46. The minimum absolute atomic E-state index is 0.116. The van der Waals surface area contributed by atoms with Crippen LogP contribution in [0.3, 0.4) is 0 Å². The Labute approximate surface area is 152 Å². The third kappa shape index (κ3) is 2.92. The predicted molar refractivity (Wildman–Crippen MR) is 97.9 cm³/mol. The highest BCUT2D eigenvalue weighted by molar-refractivity contribution is 5.94. The van der Waals surface area contributed by atoms with E-state index in [1.54, 1.807) is 10.7 Å². The Morgan fingerprint density at radius 3 is 2.96 bits per heavy atom. The summed E-state index contributed by atoms with van der Waals surface area (Å²) in [6.07, 6.45) is 5.71. The van der Waals surface area contributed by atoms with Gasteiger partial charge in [-0.05, 0) is 69.2 Å². The van der Waals surface area contributed by atoms with E-state index in [9.17, 15) is 9.18 Å². The number of carbonyl (C=O) groups is 1. The van der Waals surface area contributed by atoms with Gasteiger partial charge in [0, 0.05) is 17.3 Å². The molecule has 2 atom stereocenters. The van der Waals surface area contributed by atoms with Gasteiger partial charge >= 0.3 is 0 Å². The van der Waals surface area contributed by atoms with Crippen LogP contribution in [0.5, 0.6) is 0 Å². The Morgan fingerprint density at radius 1 is 1.35 bits per heavy atom. The molecule has 1 heterocycles. The molecule has 0 saturated heterocycles. The van der Waals surface area contributed by atoms with E-state index in [1.807, 2.05) is 13.0 Å². The molecule has 138 valence electrons. The number of halogens is 1. The van der Waals surface area contributed by atoms with Gasteiger partial charge in [-0.2, -0.15) is 5.10 Å². The van der Waals surface area contributed by atoms with Gasteiger partial charge in [-0.25, -0.2) is 9.07 Å². The van der Waals surface area contributed by atoms with E-state index < -0.39 is 0 Å². The van der Waals surface area contributed by atoms with Crippen LogP contribution in [0.1, 0.15) is 53.0 Å². The maximum Gasteiger partial charge on any atom is 0.272 e. The molecule has 2 unspecified atom stereocenters. The number of rotatable bonds is 4. The molecule has 5 nitrogen and oxygen atoms in total. The monoisotopic (exact) mass is 356 g/mol. The smallest absolute Gasteiger partial charge is 0.272 e. The van der Waals surface area contributed by atoms with Crippen LogP contribution >= 0.6 is 0 Å². The van der Waals surface area contributed by atoms with Crippen LogP contribution < -0.4 is 11.1 Å². The molecule has 0 radical (unpaired) electrons. The molecule has 2 aliphatic rings. The third-order valence-corrected chi connectivity index (χ3v) is 5.75. The number of nitrogens with two attached hydrogens (primary N) is 1. The summed E-state index contributed by atoms with van der Waals surface area (Å²) < 4.78 is 16.1. The molecule has 0 bridgehead atoms. The van der Waals surface area contributed by atoms with Gasteiger partial charge in [-0.3, -0.25) is 4.79 Å². The zero-order valence-electron chi connectivity index (χ0n) is 15.1. The van der Waals surface area contributed by atoms with E-state index in [1.165, 1.54) is 6.07 Å². The zero-order chi connectivity index (χ0) is 18.3. The van der Waals surface area contributed by atoms with E-state index in [0.29, 0.717) is 23.8 Å². The molecule has 2 aromatic rings. The second-order valence-electron chi connectivity index (χ2n) is 7.50. The summed E-state index contributed by atoms with van der Waals surface area (Å²) in [5.74, 6) is -0.128. The van der Waals surface area contributed by atoms with E-state index in [-0.39, 0.29) is 17.8 Å². The quantitative estimate of drug-likeness (QED) is 0.885. The average Bonchev–Trinajstić information content (AvgIpc) is 3.31. The van der Waals surface area contributed by atoms with Crippen molar-refractivity contribution in [2.75, 3.05) is 6.54 Å². The van der Waals surface area contributed by atoms with Gasteiger partial charge in [-0.1, -0.05) is 12.5 Å². The van der Waals surface area contributed by atoms with Crippen LogP contribution in [-0.2, 0) is 12.8 Å². The van der Waals surface area contributed by atoms with Crippen molar-refractivity contribution in [1.82, 2.24) is 15.1 Å². The lowest BCUT2D eigenvalue weighted by atomic mass is 10.0. The van der Waals surface area contributed by atoms with Crippen molar-refractivity contribution in [3.05, 3.63) is 46.5 Å². The van der Waals surface area contributed by atoms with Crippen molar-refractivity contribution in [1.29, 1.82) is 0 Å². The van der Waals surface area contributed by atoms with Gasteiger partial charge in [0.1, 0.15) is 11.5 Å². The van der Waals surface area contributed by atoms with Crippen LogP contribution in [0.2, 0.25) is 0 Å². The van der Waals surface area contributed by atoms with Crippen LogP contribution in [0, 0.1) is 18.7 Å². The van der Waals surface area contributed by atoms with Gasteiger partial charge in [0.05, 0.1) is 0 Å². The minimum atomic E-state index is -0.312. The molecule has 6 heteroatoms. The van der Waals surface area contributed by atoms with Gasteiger partial charge in [0.15, 0.2) is 5.69 Å². The average molecular weight is 356 g/mol. The van der Waals surface area contributed by atoms with Crippen LogP contribution in [0.15, 0.2) is 18.2 Å². The number of hydrogen-bond acceptors (Lipinski definition) is 3. The lowest BCUT2D eigenvalue weighted by Gasteiger charge is -2.19. The Hall–Kier alpha value is -2.21. The van der Waals surface area contributed by atoms with E-state index >= 15 is 0 Å². The maximum atomic E-state index is 14.5. The number of carbonyl (C=O) groups excluding carboxylic acids is 1. The molecule has 1 saturated carbocycles. The fourth-order valence-corrected chi connectivity index (χ4v) is 4.35. The SMILES string of the molecule is Cc1ccc(-n2nc(C(=O)NC3CCCC3CN)c3c2CCC3)c(F)c1. The first kappa shape index (κ1) is 17.2. The summed E-state index contributed by atoms with van der Waals surface area (Å²) >= 11 is 0. The van der Waals surface area contributed by atoms with Crippen LogP contribution in [0.25, 0.3) is 5.69 Å². The Kier molecular flexibility index (Phi) is 4.53. The van der Waals surface area contributed by atoms with Crippen LogP contribution in [0.4, 0.5) is 4.39 Å². The number of benzene rings is 1. The molecule has 0 spiro atoms. The number of amides is 1. The first-order chi connectivity index (χ1) is 12.6. The van der Waals surface area contributed by atoms with Gasteiger partial charge in [0.2, 0.25) is 0 Å². The number of aryl methyl sites for hydroxylation is 1. The van der Waals surface area contributed by atoms with E-state index in [4.69, 9.17) is 5.73 Å². The summed E-state index contributed by atoms with van der Waals surface area (Å²) in [7, 11) is 0. The number of nitrogens with one attached hydrogen (secondary N) is 1. The number of hydrogen-bond donors (Lipinski definition) is 2. The molecular formula is C20H25FN4O. The molecule has 1 aromatic carbocycles. The molecule has 4 rings (SSSR count). The lowest BCUT2D eigenvalue weighted by molar-refractivity contribution is 0.0922. The minimum Gasteiger partial charge on any atom is -0.348 e. The molecule has 26 heavy (non-hydrogen) atoms. The number of fused-ring (bicyclic) bond motifs is 1. The molecule has 3 N–H and O–H groups in total. The first-order valence-corrected chi connectivity index (χ1v) is 9.46. The summed E-state index contributed by atoms with van der Waals surface area (Å²) in [5, 5.41) is 7.64. The predicted octanol–water partition coefficient (Wildman–Crippen LogP) is 2.67. The van der Waals surface area contributed by atoms with Gasteiger partial charge in [-0.15, -0.1) is 0 Å². The van der Waals surface area contributed by atoms with Crippen molar-refractivity contribution in [3.63, 3.8) is 0 Å². The molecule has 1 fully saturated rings. The highest BCUT2D eigenvalue weighted by Crippen LogP contribution is 2.30. The fourth-order valence-electron chi connectivity index (χ4n) is 4.35. The third-order valence-electron chi connectivity index (χ3n) is 5.75. The van der Waals surface area contributed by atoms with Crippen molar-refractivity contribution in [2.45, 2.75) is 51.5 Å². The fraction of sp³-hybridized carbons (Fsp3) is 0.500. The van der Waals surface area contributed by atoms with Gasteiger partial charge < -0.3 is 11.1 Å². The largest absolute Gasteiger partial charge is 0.348 e. The molecule has 0 aliphatic heterocycles. The lowest BCUT2D eigenvalue weighted by Crippen LogP contribution is -2.40. The number of nitrogens with zero attached hydrogens (tertiary/aromatic N) is 2. The Morgan fingerprint density at radius 2 is 2.19 bits per heavy atom. The van der Waals surface area contributed by atoms with Crippen molar-refractivity contribution in [2.24, 2.45) is 11.7 Å². The zero-order valence-corrected chi connectivity index (χ0v) is 15.1. The maximum absolute atomic E-state index is 14.5. The van der Waals surface area contributed by atoms with Crippen molar-refractivity contribution < 1.29 is 9.18 Å². The van der Waals surface area contributed by atoms with Gasteiger partial charge in [0.25, 0.3) is 5.91 Å². The highest BCUT2D eigenvalue weighted by atomic mass is 19.1. The molecule has 2 aliphatic carbocycles. The van der Waals surface area contributed by atoms with Crippen LogP contribution in [-0.4, -0.2) is 28.3 Å². The Bertz CT molecular complexity index is 845. The summed E-state index contributed by atoms with van der Waals surface area (Å²) in [6, 6.07) is 5.22. The molecule has 1 aromatic heterocycles. The second kappa shape index (κ2) is 6.83. The summed E-state index contributed by atoms with van der Waals surface area (Å²) in [4.78, 5) is 12.9. The van der Waals surface area contributed by atoms with Crippen molar-refractivity contribution >= 4 is 5.91 Å². The Balaban J connectivity index is 1.66. The normalized spacial score (nSPS) is 21.8. The standard InChI is InChI=1S/C20H25FN4O/c1-12-8-9-18(15(21)10-12)25-17-7-3-5-14(17)19(24-25)20(26)23-16-6-2-4-13(16)11-22/h8-10,13,16H,2-7,11,22H2,1H3,(H,23,26). The van der Waals surface area contributed by atoms with Crippen molar-refractivity contribution in [3.8, 4) is 5.69 Å². The van der Waals surface area contributed by atoms with E-state index in [2.05, 4.69) is 10.4 Å². The molecule has 1 amide bonds. The second-order valence-corrected chi connectivity index (χ2v) is 7.50. The first-order valence-electron chi connectivity index (χ1n) is 9.46. The highest BCUT2D eigenvalue weighted by Gasteiger charge is 2.32.